The normalized spacial score (nSPS) is 18.8. The van der Waals surface area contributed by atoms with Crippen LogP contribution in [-0.4, -0.2) is 5.91 Å². The van der Waals surface area contributed by atoms with Crippen LogP contribution in [0.15, 0.2) is 0 Å². The van der Waals surface area contributed by atoms with Crippen LogP contribution in [0, 0.1) is 33.5 Å². The highest BCUT2D eigenvalue weighted by atomic mass is 16.1. The third kappa shape index (κ3) is 4.99. The molecule has 0 saturated heterocycles. The summed E-state index contributed by atoms with van der Waals surface area (Å²) in [6.07, 6.45) is 4.43. The van der Waals surface area contributed by atoms with Gasteiger partial charge in [-0.3, -0.25) is 4.79 Å². The number of nitrogens with two attached hydrogens (primary N) is 1. The van der Waals surface area contributed by atoms with Crippen LogP contribution in [0.3, 0.4) is 0 Å². The van der Waals surface area contributed by atoms with Gasteiger partial charge in [0.1, 0.15) is 0 Å². The van der Waals surface area contributed by atoms with Crippen molar-refractivity contribution in [3.63, 3.8) is 0 Å². The summed E-state index contributed by atoms with van der Waals surface area (Å²) in [6.45, 7) is 25.2. The fourth-order valence-corrected chi connectivity index (χ4v) is 4.47. The van der Waals surface area contributed by atoms with E-state index in [1.54, 1.807) is 0 Å². The van der Waals surface area contributed by atoms with Crippen LogP contribution < -0.4 is 5.73 Å². The van der Waals surface area contributed by atoms with Crippen molar-refractivity contribution in [2.45, 2.75) is 102 Å². The highest BCUT2D eigenvalue weighted by Gasteiger charge is 2.52. The Bertz CT molecular complexity index is 416. The predicted octanol–water partition coefficient (Wildman–Crippen LogP) is 6.43. The Morgan fingerprint density at radius 3 is 1.67 bits per heavy atom. The summed E-state index contributed by atoms with van der Waals surface area (Å²) in [5, 5.41) is 0. The summed E-state index contributed by atoms with van der Waals surface area (Å²) in [5.41, 5.74) is 6.13. The van der Waals surface area contributed by atoms with Crippen LogP contribution in [0.5, 0.6) is 0 Å². The van der Waals surface area contributed by atoms with Gasteiger partial charge in [0, 0.05) is 5.92 Å². The van der Waals surface area contributed by atoms with E-state index in [1.165, 1.54) is 19.3 Å². The molecule has 0 fully saturated rings. The Kier molecular flexibility index (Phi) is 7.62. The molecule has 2 N–H and O–H groups in total. The largest absolute Gasteiger partial charge is 0.369 e. The van der Waals surface area contributed by atoms with E-state index >= 15 is 0 Å². The SMILES string of the molecule is CCCC(C)(CC)C(C)C(C)(C)C(C)(C)C(CC(C)(C)C)C(N)=O. The van der Waals surface area contributed by atoms with Crippen LogP contribution in [0.25, 0.3) is 0 Å². The quantitative estimate of drug-likeness (QED) is 0.517. The molecule has 0 aromatic rings. The van der Waals surface area contributed by atoms with Gasteiger partial charge < -0.3 is 5.73 Å². The van der Waals surface area contributed by atoms with E-state index in [4.69, 9.17) is 5.73 Å². The van der Waals surface area contributed by atoms with Gasteiger partial charge in [-0.25, -0.2) is 0 Å². The molecule has 1 amide bonds. The minimum Gasteiger partial charge on any atom is -0.369 e. The Hall–Kier alpha value is -0.530. The first-order chi connectivity index (χ1) is 10.6. The molecule has 0 spiro atoms. The van der Waals surface area contributed by atoms with E-state index in [2.05, 4.69) is 76.2 Å². The highest BCUT2D eigenvalue weighted by molar-refractivity contribution is 5.77. The monoisotopic (exact) mass is 339 g/mol. The zero-order valence-electron chi connectivity index (χ0n) is 18.5. The molecule has 0 aliphatic carbocycles. The summed E-state index contributed by atoms with van der Waals surface area (Å²) in [4.78, 5) is 12.4. The molecule has 0 rings (SSSR count). The van der Waals surface area contributed by atoms with Crippen LogP contribution in [0.2, 0.25) is 0 Å². The lowest BCUT2D eigenvalue weighted by Crippen LogP contribution is -2.52. The molecule has 0 radical (unpaired) electrons. The lowest BCUT2D eigenvalue weighted by Gasteiger charge is -2.55. The smallest absolute Gasteiger partial charge is 0.221 e. The summed E-state index contributed by atoms with van der Waals surface area (Å²) < 4.78 is 0. The van der Waals surface area contributed by atoms with Crippen molar-refractivity contribution in [1.29, 1.82) is 0 Å². The van der Waals surface area contributed by atoms with Crippen LogP contribution in [0.1, 0.15) is 102 Å². The molecule has 0 bridgehead atoms. The molecule has 3 atom stereocenters. The Morgan fingerprint density at radius 2 is 1.38 bits per heavy atom. The molecule has 3 unspecified atom stereocenters. The van der Waals surface area contributed by atoms with Gasteiger partial charge in [-0.1, -0.05) is 89.0 Å². The first-order valence-electron chi connectivity index (χ1n) is 9.86. The van der Waals surface area contributed by atoms with E-state index < -0.39 is 0 Å². The molecule has 0 aliphatic heterocycles. The van der Waals surface area contributed by atoms with Crippen molar-refractivity contribution in [2.24, 2.45) is 39.2 Å². The molecular weight excluding hydrogens is 294 g/mol. The molecule has 0 aromatic carbocycles. The van der Waals surface area contributed by atoms with Crippen molar-refractivity contribution in [1.82, 2.24) is 0 Å². The maximum atomic E-state index is 12.4. The lowest BCUT2D eigenvalue weighted by atomic mass is 9.49. The van der Waals surface area contributed by atoms with E-state index in [0.717, 1.165) is 6.42 Å². The number of carbonyl (C=O) groups excluding carboxylic acids is 1. The summed E-state index contributed by atoms with van der Waals surface area (Å²) in [7, 11) is 0. The van der Waals surface area contributed by atoms with Gasteiger partial charge in [-0.2, -0.15) is 0 Å². The summed E-state index contributed by atoms with van der Waals surface area (Å²) in [5.74, 6) is 0.244. The second kappa shape index (κ2) is 7.79. The Morgan fingerprint density at radius 1 is 0.917 bits per heavy atom. The van der Waals surface area contributed by atoms with Crippen molar-refractivity contribution in [2.75, 3.05) is 0 Å². The molecule has 2 heteroatoms. The lowest BCUT2D eigenvalue weighted by molar-refractivity contribution is -0.136. The number of primary amides is 1. The Balaban J connectivity index is 5.88. The summed E-state index contributed by atoms with van der Waals surface area (Å²) in [6, 6.07) is 0. The number of hydrogen-bond donors (Lipinski definition) is 1. The van der Waals surface area contributed by atoms with Gasteiger partial charge in [0.2, 0.25) is 5.91 Å². The number of rotatable bonds is 9. The summed E-state index contributed by atoms with van der Waals surface area (Å²) >= 11 is 0. The molecular formula is C22H45NO. The number of carbonyl (C=O) groups is 1. The maximum Gasteiger partial charge on any atom is 0.221 e. The second-order valence-electron chi connectivity index (χ2n) is 10.6. The highest BCUT2D eigenvalue weighted by Crippen LogP contribution is 2.57. The van der Waals surface area contributed by atoms with Crippen molar-refractivity contribution >= 4 is 5.91 Å². The molecule has 0 saturated carbocycles. The Labute approximate surface area is 152 Å². The van der Waals surface area contributed by atoms with E-state index in [1.807, 2.05) is 0 Å². The van der Waals surface area contributed by atoms with Crippen LogP contribution in [0.4, 0.5) is 0 Å². The standard InChI is InChI=1S/C22H45NO/c1-12-14-22(11,13-2)16(3)20(7,8)21(9,10)17(18(23)24)15-19(4,5)6/h16-17H,12-15H2,1-11H3,(H2,23,24). The van der Waals surface area contributed by atoms with E-state index in [-0.39, 0.29) is 28.1 Å². The molecule has 0 heterocycles. The average Bonchev–Trinajstić information content (AvgIpc) is 2.42. The predicted molar refractivity (Wildman–Crippen MR) is 107 cm³/mol. The minimum absolute atomic E-state index is 0.0118. The van der Waals surface area contributed by atoms with Crippen molar-refractivity contribution in [3.8, 4) is 0 Å². The zero-order chi connectivity index (χ0) is 19.6. The fraction of sp³-hybridized carbons (Fsp3) is 0.955. The van der Waals surface area contributed by atoms with Gasteiger partial charge in [0.15, 0.2) is 0 Å². The van der Waals surface area contributed by atoms with Gasteiger partial charge in [0.25, 0.3) is 0 Å². The van der Waals surface area contributed by atoms with Crippen molar-refractivity contribution in [3.05, 3.63) is 0 Å². The first-order valence-corrected chi connectivity index (χ1v) is 9.86. The van der Waals surface area contributed by atoms with Gasteiger partial charge in [-0.15, -0.1) is 0 Å². The van der Waals surface area contributed by atoms with E-state index in [9.17, 15) is 4.79 Å². The van der Waals surface area contributed by atoms with E-state index in [0.29, 0.717) is 11.3 Å². The molecule has 144 valence electrons. The average molecular weight is 340 g/mol. The van der Waals surface area contributed by atoms with Gasteiger partial charge in [-0.05, 0) is 40.4 Å². The molecule has 2 nitrogen and oxygen atoms in total. The third-order valence-corrected chi connectivity index (χ3v) is 7.45. The van der Waals surface area contributed by atoms with Crippen molar-refractivity contribution < 1.29 is 4.79 Å². The number of amides is 1. The molecule has 0 aliphatic rings. The molecule has 24 heavy (non-hydrogen) atoms. The van der Waals surface area contributed by atoms with Gasteiger partial charge >= 0.3 is 0 Å². The maximum absolute atomic E-state index is 12.4. The topological polar surface area (TPSA) is 43.1 Å². The van der Waals surface area contributed by atoms with Crippen LogP contribution >= 0.6 is 0 Å². The van der Waals surface area contributed by atoms with Gasteiger partial charge in [0.05, 0.1) is 0 Å². The first kappa shape index (κ1) is 23.5. The third-order valence-electron chi connectivity index (χ3n) is 7.45. The fourth-order valence-electron chi connectivity index (χ4n) is 4.47. The van der Waals surface area contributed by atoms with Crippen LogP contribution in [-0.2, 0) is 4.79 Å². The zero-order valence-corrected chi connectivity index (χ0v) is 18.5. The molecule has 0 aromatic heterocycles. The number of hydrogen-bond acceptors (Lipinski definition) is 1. The minimum atomic E-state index is -0.157. The second-order valence-corrected chi connectivity index (χ2v) is 10.6.